The zero-order valence-corrected chi connectivity index (χ0v) is 10.6. The number of hydrogen-bond donors (Lipinski definition) is 4. The topological polar surface area (TPSA) is 115 Å². The monoisotopic (exact) mass is 277 g/mol. The Morgan fingerprint density at radius 1 is 0.950 bits per heavy atom. The maximum absolute atomic E-state index is 9.16. The lowest BCUT2D eigenvalue weighted by molar-refractivity contribution is 0.220. The van der Waals surface area contributed by atoms with E-state index in [1.54, 1.807) is 0 Å². The molecule has 0 atom stereocenters. The lowest BCUT2D eigenvalue weighted by Crippen LogP contribution is -2.28. The van der Waals surface area contributed by atoms with Crippen molar-refractivity contribution >= 4 is 11.9 Å². The number of aromatic nitrogens is 3. The van der Waals surface area contributed by atoms with Gasteiger partial charge in [-0.25, -0.2) is 0 Å². The molecule has 0 aliphatic rings. The summed E-state index contributed by atoms with van der Waals surface area (Å²) in [4.78, 5) is 13.5. The third-order valence-corrected chi connectivity index (χ3v) is 2.52. The van der Waals surface area contributed by atoms with Crippen LogP contribution in [-0.2, 0) is 0 Å². The minimum absolute atomic E-state index is 0.111. The van der Waals surface area contributed by atoms with Gasteiger partial charge in [0.05, 0.1) is 0 Å². The second kappa shape index (κ2) is 6.75. The zero-order valence-electron chi connectivity index (χ0n) is 10.6. The fraction of sp³-hybridized carbons (Fsp3) is 0.250. The van der Waals surface area contributed by atoms with Gasteiger partial charge in [-0.1, -0.05) is 30.3 Å². The molecule has 2 rings (SSSR count). The molecule has 0 saturated carbocycles. The Kier molecular flexibility index (Phi) is 4.77. The molecule has 8 heteroatoms. The number of aliphatic hydroxyl groups excluding tert-OH is 3. The lowest BCUT2D eigenvalue weighted by Gasteiger charge is -2.17. The first-order valence-electron chi connectivity index (χ1n) is 5.91. The molecule has 1 aromatic heterocycles. The SMILES string of the molecule is OCNc1nc(-c2ccccc2)nc(N(CO)CO)n1. The Labute approximate surface area is 115 Å². The quantitative estimate of drug-likeness (QED) is 0.528. The second-order valence-electron chi connectivity index (χ2n) is 3.81. The molecule has 0 fully saturated rings. The van der Waals surface area contributed by atoms with E-state index in [0.717, 1.165) is 10.5 Å². The molecule has 4 N–H and O–H groups in total. The van der Waals surface area contributed by atoms with Crippen molar-refractivity contribution in [1.29, 1.82) is 0 Å². The van der Waals surface area contributed by atoms with Gasteiger partial charge in [0.25, 0.3) is 0 Å². The van der Waals surface area contributed by atoms with E-state index in [1.807, 2.05) is 30.3 Å². The van der Waals surface area contributed by atoms with Crippen LogP contribution in [0.4, 0.5) is 11.9 Å². The van der Waals surface area contributed by atoms with Crippen molar-refractivity contribution in [3.8, 4) is 11.4 Å². The first-order chi connectivity index (χ1) is 9.78. The molecular weight excluding hydrogens is 262 g/mol. The van der Waals surface area contributed by atoms with E-state index in [1.165, 1.54) is 0 Å². The molecule has 20 heavy (non-hydrogen) atoms. The van der Waals surface area contributed by atoms with Crippen LogP contribution in [-0.4, -0.2) is 50.5 Å². The fourth-order valence-electron chi connectivity index (χ4n) is 1.54. The molecule has 0 saturated heterocycles. The summed E-state index contributed by atoms with van der Waals surface area (Å²) >= 11 is 0. The molecular formula is C12H15N5O3. The van der Waals surface area contributed by atoms with Crippen LogP contribution in [0.2, 0.25) is 0 Å². The molecule has 0 radical (unpaired) electrons. The number of benzene rings is 1. The Balaban J connectivity index is 2.46. The van der Waals surface area contributed by atoms with Crippen LogP contribution in [0.1, 0.15) is 0 Å². The van der Waals surface area contributed by atoms with E-state index in [2.05, 4.69) is 20.3 Å². The molecule has 1 aromatic carbocycles. The van der Waals surface area contributed by atoms with Gasteiger partial charge in [-0.15, -0.1) is 0 Å². The average molecular weight is 277 g/mol. The molecule has 2 aromatic rings. The summed E-state index contributed by atoms with van der Waals surface area (Å²) in [5.74, 6) is 0.640. The average Bonchev–Trinajstić information content (AvgIpc) is 2.50. The summed E-state index contributed by atoms with van der Waals surface area (Å²) in [5.41, 5.74) is 0.757. The highest BCUT2D eigenvalue weighted by molar-refractivity contribution is 5.58. The molecule has 0 aliphatic heterocycles. The van der Waals surface area contributed by atoms with E-state index < -0.39 is 13.5 Å². The van der Waals surface area contributed by atoms with Gasteiger partial charge in [-0.2, -0.15) is 15.0 Å². The van der Waals surface area contributed by atoms with Crippen molar-refractivity contribution in [1.82, 2.24) is 15.0 Å². The Morgan fingerprint density at radius 3 is 2.25 bits per heavy atom. The van der Waals surface area contributed by atoms with Gasteiger partial charge >= 0.3 is 0 Å². The lowest BCUT2D eigenvalue weighted by atomic mass is 10.2. The van der Waals surface area contributed by atoms with Crippen molar-refractivity contribution in [2.24, 2.45) is 0 Å². The minimum atomic E-state index is -0.437. The predicted octanol–water partition coefficient (Wildman–Crippen LogP) is -0.394. The fourth-order valence-corrected chi connectivity index (χ4v) is 1.54. The molecule has 0 aliphatic carbocycles. The summed E-state index contributed by atoms with van der Waals surface area (Å²) in [7, 11) is 0. The van der Waals surface area contributed by atoms with Gasteiger partial charge in [0.1, 0.15) is 20.2 Å². The number of nitrogens with zero attached hydrogens (tertiary/aromatic N) is 4. The smallest absolute Gasteiger partial charge is 0.234 e. The van der Waals surface area contributed by atoms with Crippen LogP contribution < -0.4 is 10.2 Å². The number of hydrogen-bond acceptors (Lipinski definition) is 8. The van der Waals surface area contributed by atoms with Gasteiger partial charge in [0, 0.05) is 5.56 Å². The molecule has 8 nitrogen and oxygen atoms in total. The summed E-state index contributed by atoms with van der Waals surface area (Å²) in [6.45, 7) is -1.21. The van der Waals surface area contributed by atoms with Crippen LogP contribution in [0.3, 0.4) is 0 Å². The molecule has 0 amide bonds. The number of nitrogens with one attached hydrogen (secondary N) is 1. The number of anilines is 2. The van der Waals surface area contributed by atoms with E-state index in [-0.39, 0.29) is 18.6 Å². The number of rotatable bonds is 6. The second-order valence-corrected chi connectivity index (χ2v) is 3.81. The highest BCUT2D eigenvalue weighted by atomic mass is 16.3. The highest BCUT2D eigenvalue weighted by Crippen LogP contribution is 2.18. The maximum Gasteiger partial charge on any atom is 0.234 e. The third-order valence-electron chi connectivity index (χ3n) is 2.52. The van der Waals surface area contributed by atoms with E-state index >= 15 is 0 Å². The normalized spacial score (nSPS) is 10.3. The number of aliphatic hydroxyl groups is 3. The van der Waals surface area contributed by atoms with Crippen molar-refractivity contribution in [3.05, 3.63) is 30.3 Å². The van der Waals surface area contributed by atoms with Gasteiger partial charge in [-0.3, -0.25) is 4.90 Å². The maximum atomic E-state index is 9.16. The standard InChI is InChI=1S/C12H15N5O3/c18-6-13-11-14-10(9-4-2-1-3-5-9)15-12(16-11)17(7-19)8-20/h1-5,18-20H,6-8H2,(H,13,14,15,16). The van der Waals surface area contributed by atoms with Crippen LogP contribution in [0.15, 0.2) is 30.3 Å². The first kappa shape index (κ1) is 14.1. The van der Waals surface area contributed by atoms with Crippen molar-refractivity contribution in [3.63, 3.8) is 0 Å². The Hall–Kier alpha value is -2.29. The zero-order chi connectivity index (χ0) is 14.4. The van der Waals surface area contributed by atoms with Crippen LogP contribution >= 0.6 is 0 Å². The van der Waals surface area contributed by atoms with Gasteiger partial charge in [0.15, 0.2) is 5.82 Å². The molecule has 0 unspecified atom stereocenters. The summed E-state index contributed by atoms with van der Waals surface area (Å²) < 4.78 is 0. The van der Waals surface area contributed by atoms with Gasteiger partial charge in [0.2, 0.25) is 11.9 Å². The van der Waals surface area contributed by atoms with Crippen molar-refractivity contribution < 1.29 is 15.3 Å². The molecule has 0 bridgehead atoms. The summed E-state index contributed by atoms with van der Waals surface area (Å²) in [6.07, 6.45) is 0. The molecule has 106 valence electrons. The van der Waals surface area contributed by atoms with Gasteiger partial charge < -0.3 is 20.6 Å². The van der Waals surface area contributed by atoms with Crippen LogP contribution in [0.5, 0.6) is 0 Å². The molecule has 0 spiro atoms. The van der Waals surface area contributed by atoms with Crippen LogP contribution in [0.25, 0.3) is 11.4 Å². The largest absolute Gasteiger partial charge is 0.376 e. The van der Waals surface area contributed by atoms with Crippen LogP contribution in [0, 0.1) is 0 Å². The van der Waals surface area contributed by atoms with Crippen molar-refractivity contribution in [2.75, 3.05) is 30.4 Å². The minimum Gasteiger partial charge on any atom is -0.376 e. The summed E-state index contributed by atoms with van der Waals surface area (Å²) in [5, 5.41) is 29.8. The predicted molar refractivity (Wildman–Crippen MR) is 72.6 cm³/mol. The molecule has 1 heterocycles. The Bertz CT molecular complexity index is 548. The first-order valence-corrected chi connectivity index (χ1v) is 5.91. The van der Waals surface area contributed by atoms with E-state index in [0.29, 0.717) is 5.82 Å². The highest BCUT2D eigenvalue weighted by Gasteiger charge is 2.13. The third kappa shape index (κ3) is 3.18. The summed E-state index contributed by atoms with van der Waals surface area (Å²) in [6, 6.07) is 9.20. The van der Waals surface area contributed by atoms with Crippen molar-refractivity contribution in [2.45, 2.75) is 0 Å². The Morgan fingerprint density at radius 2 is 1.65 bits per heavy atom. The van der Waals surface area contributed by atoms with Gasteiger partial charge in [-0.05, 0) is 0 Å². The van der Waals surface area contributed by atoms with E-state index in [9.17, 15) is 0 Å². The van der Waals surface area contributed by atoms with E-state index in [4.69, 9.17) is 15.3 Å².